The molecule has 0 spiro atoms. The van der Waals surface area contributed by atoms with Crippen molar-refractivity contribution in [2.45, 2.75) is 38.5 Å². The molecule has 18 rings (SSSR count). The summed E-state index contributed by atoms with van der Waals surface area (Å²) in [5.74, 6) is 6.90. The van der Waals surface area contributed by atoms with Gasteiger partial charge in [0.05, 0.1) is 73.0 Å². The van der Waals surface area contributed by atoms with Gasteiger partial charge in [-0.2, -0.15) is 0 Å². The maximum Gasteiger partial charge on any atom is 0.343 e. The van der Waals surface area contributed by atoms with Crippen LogP contribution >= 0.6 is 95.6 Å². The van der Waals surface area contributed by atoms with Crippen molar-refractivity contribution in [3.05, 3.63) is 305 Å². The van der Waals surface area contributed by atoms with Crippen LogP contribution in [0.1, 0.15) is 33.4 Å². The Hall–Kier alpha value is -9.30. The minimum absolute atomic E-state index is 0.306. The molecule has 12 heterocycles. The quantitative estimate of drug-likeness (QED) is 0.150. The van der Waals surface area contributed by atoms with E-state index in [1.165, 1.54) is 0 Å². The Morgan fingerprint density at radius 1 is 0.196 bits per heavy atom. The summed E-state index contributed by atoms with van der Waals surface area (Å²) in [5.41, 5.74) is 7.03. The Bertz CT molecular complexity index is 4580. The molecule has 0 unspecified atom stereocenters. The van der Waals surface area contributed by atoms with Gasteiger partial charge in [0.25, 0.3) is 0 Å². The van der Waals surface area contributed by atoms with E-state index in [2.05, 4.69) is 95.6 Å². The number of hydrogen-bond donors (Lipinski definition) is 0. The monoisotopic (exact) mass is 1750 g/mol. The normalized spacial score (nSPS) is 13.2. The van der Waals surface area contributed by atoms with Gasteiger partial charge in [0.15, 0.2) is 34.6 Å². The summed E-state index contributed by atoms with van der Waals surface area (Å²) in [4.78, 5) is 70.7. The predicted octanol–water partition coefficient (Wildman–Crippen LogP) is 18.0. The molecule has 18 nitrogen and oxygen atoms in total. The number of benzene rings is 6. The van der Waals surface area contributed by atoms with Gasteiger partial charge in [-0.3, -0.25) is 0 Å². The molecule has 0 amide bonds. The molecule has 0 bridgehead atoms. The Balaban J connectivity index is 0.000000109. The van der Waals surface area contributed by atoms with Crippen LogP contribution in [0.4, 0.5) is 0 Å². The van der Waals surface area contributed by atoms with Crippen LogP contribution in [0, 0.1) is 0 Å². The lowest BCUT2D eigenvalue weighted by molar-refractivity contribution is 0.353. The zero-order chi connectivity index (χ0) is 71.0. The predicted molar refractivity (Wildman–Crippen MR) is 404 cm³/mol. The standard InChI is InChI=1S/6C13H9BrO3/c6*14-10-11(8-4-2-1-3-5-8)17-13(15)9-6-7-16-12(9)10/h6*1-5H,6-7H2. The van der Waals surface area contributed by atoms with E-state index in [0.29, 0.717) is 181 Å². The molecule has 24 heteroatoms. The van der Waals surface area contributed by atoms with Gasteiger partial charge in [0.1, 0.15) is 61.3 Å². The molecule has 0 N–H and O–H groups in total. The summed E-state index contributed by atoms with van der Waals surface area (Å²) in [7, 11) is 0. The second-order valence-corrected chi connectivity index (χ2v) is 27.6. The number of halogens is 6. The van der Waals surface area contributed by atoms with Crippen LogP contribution in [0.25, 0.3) is 67.9 Å². The molecule has 0 fully saturated rings. The summed E-state index contributed by atoms with van der Waals surface area (Å²) in [5, 5.41) is 0. The van der Waals surface area contributed by atoms with Gasteiger partial charge >= 0.3 is 33.8 Å². The lowest BCUT2D eigenvalue weighted by Crippen LogP contribution is -2.05. The highest BCUT2D eigenvalue weighted by molar-refractivity contribution is 9.11. The molecule has 0 atom stereocenters. The van der Waals surface area contributed by atoms with E-state index in [1.807, 2.05) is 182 Å². The lowest BCUT2D eigenvalue weighted by Gasteiger charge is -2.06. The average Bonchev–Trinajstić information content (AvgIpc) is 1.56. The van der Waals surface area contributed by atoms with Crippen molar-refractivity contribution in [3.8, 4) is 102 Å². The van der Waals surface area contributed by atoms with Crippen LogP contribution < -0.4 is 62.2 Å². The summed E-state index contributed by atoms with van der Waals surface area (Å²) >= 11 is 20.7. The lowest BCUT2D eigenvalue weighted by atomic mass is 10.1. The second-order valence-electron chi connectivity index (χ2n) is 22.8. The van der Waals surface area contributed by atoms with Gasteiger partial charge in [-0.1, -0.05) is 182 Å². The largest absolute Gasteiger partial charge is 0.491 e. The number of rotatable bonds is 6. The van der Waals surface area contributed by atoms with Crippen molar-refractivity contribution in [1.82, 2.24) is 0 Å². The van der Waals surface area contributed by atoms with Gasteiger partial charge in [-0.25, -0.2) is 28.8 Å². The molecule has 102 heavy (non-hydrogen) atoms. The molecular formula is C78H54Br6O18. The summed E-state index contributed by atoms with van der Waals surface area (Å²) in [6.07, 6.45) is 3.70. The fourth-order valence-corrected chi connectivity index (χ4v) is 15.5. The maximum atomic E-state index is 11.8. The Kier molecular flexibility index (Phi) is 22.6. The Labute approximate surface area is 630 Å². The number of hydrogen-bond acceptors (Lipinski definition) is 18. The average molecular weight is 1760 g/mol. The zero-order valence-electron chi connectivity index (χ0n) is 53.4. The van der Waals surface area contributed by atoms with Crippen molar-refractivity contribution < 1.29 is 54.9 Å². The van der Waals surface area contributed by atoms with Crippen molar-refractivity contribution in [2.75, 3.05) is 39.6 Å². The van der Waals surface area contributed by atoms with Crippen molar-refractivity contribution >= 4 is 95.6 Å². The second kappa shape index (κ2) is 32.4. The minimum atomic E-state index is -0.306. The summed E-state index contributed by atoms with van der Waals surface area (Å²) < 4.78 is 69.2. The highest BCUT2D eigenvalue weighted by Gasteiger charge is 2.30. The van der Waals surface area contributed by atoms with E-state index in [4.69, 9.17) is 54.9 Å². The van der Waals surface area contributed by atoms with Gasteiger partial charge < -0.3 is 54.9 Å². The smallest absolute Gasteiger partial charge is 0.343 e. The third-order valence-electron chi connectivity index (χ3n) is 16.5. The van der Waals surface area contributed by atoms with Crippen LogP contribution in [0.15, 0.2) is 264 Å². The maximum absolute atomic E-state index is 11.8. The first-order valence-corrected chi connectivity index (χ1v) is 36.6. The molecule has 12 aromatic rings. The Morgan fingerprint density at radius 3 is 0.451 bits per heavy atom. The van der Waals surface area contributed by atoms with Gasteiger partial charge in [0, 0.05) is 71.9 Å². The topological polar surface area (TPSA) is 237 Å². The molecule has 0 radical (unpaired) electrons. The first kappa shape index (κ1) is 71.1. The summed E-state index contributed by atoms with van der Waals surface area (Å²) in [6, 6.07) is 57.0. The number of fused-ring (bicyclic) bond motifs is 6. The van der Waals surface area contributed by atoms with Crippen LogP contribution in [0.3, 0.4) is 0 Å². The van der Waals surface area contributed by atoms with Crippen LogP contribution in [-0.4, -0.2) is 39.6 Å². The molecule has 6 aromatic heterocycles. The van der Waals surface area contributed by atoms with E-state index in [1.54, 1.807) is 0 Å². The van der Waals surface area contributed by atoms with Crippen molar-refractivity contribution in [1.29, 1.82) is 0 Å². The van der Waals surface area contributed by atoms with Gasteiger partial charge in [0.2, 0.25) is 0 Å². The molecule has 6 aliphatic rings. The fraction of sp³-hybridized carbons (Fsp3) is 0.154. The van der Waals surface area contributed by atoms with Gasteiger partial charge in [-0.05, 0) is 95.6 Å². The molecule has 0 saturated heterocycles. The molecule has 6 aliphatic heterocycles. The zero-order valence-corrected chi connectivity index (χ0v) is 62.9. The molecular weight excluding hydrogens is 1700 g/mol. The fourth-order valence-electron chi connectivity index (χ4n) is 11.5. The molecule has 0 aliphatic carbocycles. The first-order chi connectivity index (χ1) is 49.6. The summed E-state index contributed by atoms with van der Waals surface area (Å²) in [6.45, 7) is 3.23. The van der Waals surface area contributed by atoms with E-state index in [-0.39, 0.29) is 33.8 Å². The highest BCUT2D eigenvalue weighted by atomic mass is 79.9. The molecule has 6 aromatic carbocycles. The number of ether oxygens (including phenoxy) is 6. The van der Waals surface area contributed by atoms with Crippen LogP contribution in [-0.2, 0) is 38.5 Å². The van der Waals surface area contributed by atoms with Crippen LogP contribution in [0.2, 0.25) is 0 Å². The Morgan fingerprint density at radius 2 is 0.324 bits per heavy atom. The van der Waals surface area contributed by atoms with E-state index in [0.717, 1.165) is 60.2 Å². The third-order valence-corrected chi connectivity index (χ3v) is 20.8. The molecule has 516 valence electrons. The SMILES string of the molecule is O=c1oc(-c2ccccc2)c(Br)c2c1CCO2.O=c1oc(-c2ccccc2)c(Br)c2c1CCO2.O=c1oc(-c2ccccc2)c(Br)c2c1CCO2.O=c1oc(-c2ccccc2)c(Br)c2c1CCO2.O=c1oc(-c2ccccc2)c(Br)c2c1CCO2.O=c1oc(-c2ccccc2)c(Br)c2c1CCO2. The van der Waals surface area contributed by atoms with Crippen LogP contribution in [0.5, 0.6) is 34.5 Å². The minimum Gasteiger partial charge on any atom is -0.491 e. The third kappa shape index (κ3) is 15.3. The van der Waals surface area contributed by atoms with E-state index >= 15 is 0 Å². The van der Waals surface area contributed by atoms with E-state index < -0.39 is 0 Å². The van der Waals surface area contributed by atoms with Crippen molar-refractivity contribution in [2.24, 2.45) is 0 Å². The first-order valence-electron chi connectivity index (χ1n) is 31.9. The highest BCUT2D eigenvalue weighted by Crippen LogP contribution is 2.45. The van der Waals surface area contributed by atoms with E-state index in [9.17, 15) is 28.8 Å². The molecule has 0 saturated carbocycles. The van der Waals surface area contributed by atoms with Gasteiger partial charge in [-0.15, -0.1) is 0 Å². The van der Waals surface area contributed by atoms with Crippen molar-refractivity contribution in [3.63, 3.8) is 0 Å².